The largest absolute Gasteiger partial charge is 0.353 e. The highest BCUT2D eigenvalue weighted by molar-refractivity contribution is 8.01. The first-order valence-corrected chi connectivity index (χ1v) is 9.56. The molecular weight excluding hydrogens is 304 g/mol. The molecule has 1 saturated heterocycles. The third-order valence-electron chi connectivity index (χ3n) is 3.17. The van der Waals surface area contributed by atoms with E-state index in [1.54, 1.807) is 24.9 Å². The van der Waals surface area contributed by atoms with Crippen LogP contribution >= 0.6 is 23.4 Å². The minimum Gasteiger partial charge on any atom is -0.353 e. The first-order valence-electron chi connectivity index (χ1n) is 6.15. The van der Waals surface area contributed by atoms with E-state index in [4.69, 9.17) is 11.6 Å². The summed E-state index contributed by atoms with van der Waals surface area (Å²) in [4.78, 5) is 6.11. The van der Waals surface area contributed by atoms with Crippen molar-refractivity contribution in [1.82, 2.24) is 4.98 Å². The zero-order chi connectivity index (χ0) is 13.9. The lowest BCUT2D eigenvalue weighted by Crippen LogP contribution is -2.48. The lowest BCUT2D eigenvalue weighted by atomic mass is 10.3. The number of hydrogen-bond donors (Lipinski definition) is 0. The number of anilines is 1. The van der Waals surface area contributed by atoms with E-state index in [-0.39, 0.29) is 5.75 Å². The molecule has 2 rings (SSSR count). The molecule has 1 aromatic heterocycles. The quantitative estimate of drug-likeness (QED) is 0.796. The van der Waals surface area contributed by atoms with Crippen LogP contribution in [-0.4, -0.2) is 42.6 Å². The summed E-state index contributed by atoms with van der Waals surface area (Å²) in [6.07, 6.45) is 1.68. The van der Waals surface area contributed by atoms with Gasteiger partial charge in [0, 0.05) is 35.7 Å². The van der Waals surface area contributed by atoms with Gasteiger partial charge in [-0.05, 0) is 12.1 Å². The van der Waals surface area contributed by atoms with E-state index in [1.807, 2.05) is 17.0 Å². The lowest BCUT2D eigenvalue weighted by Gasteiger charge is -2.36. The average molecular weight is 321 g/mol. The molecule has 0 saturated carbocycles. The fourth-order valence-electron chi connectivity index (χ4n) is 2.08. The summed E-state index contributed by atoms with van der Waals surface area (Å²) in [5.41, 5.74) is 1.66. The zero-order valence-corrected chi connectivity index (χ0v) is 13.1. The standard InChI is InChI=1S/C12H17ClN2O2S2/c1-2-19(16,17)12-9-18-6-5-15(12)11-3-4-14-10(7-11)8-13/h3-4,7,12H,2,5-6,8-9H2,1H3. The van der Waals surface area contributed by atoms with Gasteiger partial charge in [0.05, 0.1) is 11.6 Å². The van der Waals surface area contributed by atoms with Crippen LogP contribution in [-0.2, 0) is 15.7 Å². The molecule has 0 radical (unpaired) electrons. The molecule has 2 heterocycles. The van der Waals surface area contributed by atoms with Gasteiger partial charge in [-0.2, -0.15) is 11.8 Å². The molecule has 1 atom stereocenters. The molecule has 1 aliphatic heterocycles. The molecule has 1 fully saturated rings. The summed E-state index contributed by atoms with van der Waals surface area (Å²) in [5, 5.41) is -0.443. The van der Waals surface area contributed by atoms with Crippen molar-refractivity contribution in [3.05, 3.63) is 24.0 Å². The molecule has 0 bridgehead atoms. The number of hydrogen-bond acceptors (Lipinski definition) is 5. The normalized spacial score (nSPS) is 20.5. The minimum absolute atomic E-state index is 0.169. The molecule has 1 unspecified atom stereocenters. The smallest absolute Gasteiger partial charge is 0.171 e. The van der Waals surface area contributed by atoms with Crippen molar-refractivity contribution in [2.45, 2.75) is 18.2 Å². The zero-order valence-electron chi connectivity index (χ0n) is 10.8. The van der Waals surface area contributed by atoms with Gasteiger partial charge in [-0.3, -0.25) is 4.98 Å². The van der Waals surface area contributed by atoms with Crippen LogP contribution in [0.5, 0.6) is 0 Å². The fraction of sp³-hybridized carbons (Fsp3) is 0.583. The SMILES string of the molecule is CCS(=O)(=O)C1CSCCN1c1ccnc(CCl)c1. The highest BCUT2D eigenvalue weighted by atomic mass is 35.5. The summed E-state index contributed by atoms with van der Waals surface area (Å²) in [6, 6.07) is 3.73. The van der Waals surface area contributed by atoms with Crippen LogP contribution in [0.3, 0.4) is 0 Å². The maximum absolute atomic E-state index is 12.2. The van der Waals surface area contributed by atoms with Crippen molar-refractivity contribution in [2.24, 2.45) is 0 Å². The highest BCUT2D eigenvalue weighted by Crippen LogP contribution is 2.27. The molecule has 0 aliphatic carbocycles. The van der Waals surface area contributed by atoms with Crippen LogP contribution in [0.2, 0.25) is 0 Å². The highest BCUT2D eigenvalue weighted by Gasteiger charge is 2.33. The molecule has 1 aliphatic rings. The number of thioether (sulfide) groups is 1. The van der Waals surface area contributed by atoms with Gasteiger partial charge in [0.1, 0.15) is 5.37 Å². The molecule has 106 valence electrons. The number of sulfone groups is 1. The summed E-state index contributed by atoms with van der Waals surface area (Å²) in [7, 11) is -3.09. The third kappa shape index (κ3) is 3.35. The number of halogens is 1. The Balaban J connectivity index is 2.34. The van der Waals surface area contributed by atoms with Gasteiger partial charge in [-0.1, -0.05) is 6.92 Å². The maximum Gasteiger partial charge on any atom is 0.171 e. The molecule has 19 heavy (non-hydrogen) atoms. The van der Waals surface area contributed by atoms with Crippen molar-refractivity contribution in [3.63, 3.8) is 0 Å². The van der Waals surface area contributed by atoms with Crippen molar-refractivity contribution < 1.29 is 8.42 Å². The van der Waals surface area contributed by atoms with Gasteiger partial charge in [0.25, 0.3) is 0 Å². The molecule has 0 N–H and O–H groups in total. The Morgan fingerprint density at radius 2 is 2.37 bits per heavy atom. The Morgan fingerprint density at radius 3 is 3.05 bits per heavy atom. The van der Waals surface area contributed by atoms with Crippen LogP contribution in [0.1, 0.15) is 12.6 Å². The van der Waals surface area contributed by atoms with E-state index in [0.29, 0.717) is 11.6 Å². The van der Waals surface area contributed by atoms with Crippen LogP contribution in [0.4, 0.5) is 5.69 Å². The molecule has 0 spiro atoms. The van der Waals surface area contributed by atoms with E-state index in [1.165, 1.54) is 0 Å². The number of nitrogens with zero attached hydrogens (tertiary/aromatic N) is 2. The van der Waals surface area contributed by atoms with E-state index >= 15 is 0 Å². The number of rotatable bonds is 4. The Morgan fingerprint density at radius 1 is 1.58 bits per heavy atom. The van der Waals surface area contributed by atoms with Crippen LogP contribution in [0, 0.1) is 0 Å². The molecule has 1 aromatic rings. The Hall–Kier alpha value is -0.460. The first kappa shape index (κ1) is 14.9. The molecule has 4 nitrogen and oxygen atoms in total. The fourth-order valence-corrected chi connectivity index (χ4v) is 5.22. The third-order valence-corrected chi connectivity index (χ3v) is 6.73. The second-order valence-electron chi connectivity index (χ2n) is 4.31. The summed E-state index contributed by atoms with van der Waals surface area (Å²) in [6.45, 7) is 2.43. The summed E-state index contributed by atoms with van der Waals surface area (Å²) >= 11 is 7.48. The Labute approximate surface area is 123 Å². The molecule has 7 heteroatoms. The van der Waals surface area contributed by atoms with Crippen molar-refractivity contribution >= 4 is 38.9 Å². The predicted molar refractivity (Wildman–Crippen MR) is 81.7 cm³/mol. The van der Waals surface area contributed by atoms with Gasteiger partial charge >= 0.3 is 0 Å². The van der Waals surface area contributed by atoms with Crippen LogP contribution in [0.25, 0.3) is 0 Å². The van der Waals surface area contributed by atoms with E-state index in [2.05, 4.69) is 4.98 Å². The van der Waals surface area contributed by atoms with Crippen molar-refractivity contribution in [3.8, 4) is 0 Å². The molecule has 0 aromatic carbocycles. The second kappa shape index (κ2) is 6.33. The van der Waals surface area contributed by atoms with E-state index in [0.717, 1.165) is 23.7 Å². The van der Waals surface area contributed by atoms with Crippen LogP contribution in [0.15, 0.2) is 18.3 Å². The Kier molecular flexibility index (Phi) is 4.97. The van der Waals surface area contributed by atoms with Gasteiger partial charge in [0.2, 0.25) is 0 Å². The Bertz CT molecular complexity index is 536. The number of pyridine rings is 1. The van der Waals surface area contributed by atoms with Gasteiger partial charge < -0.3 is 4.90 Å². The predicted octanol–water partition coefficient (Wildman–Crippen LogP) is 2.13. The average Bonchev–Trinajstić information content (AvgIpc) is 2.47. The van der Waals surface area contributed by atoms with Crippen molar-refractivity contribution in [1.29, 1.82) is 0 Å². The number of alkyl halides is 1. The lowest BCUT2D eigenvalue weighted by molar-refractivity contribution is 0.579. The summed E-state index contributed by atoms with van der Waals surface area (Å²) in [5.74, 6) is 2.06. The van der Waals surface area contributed by atoms with Gasteiger partial charge in [-0.25, -0.2) is 8.42 Å². The second-order valence-corrected chi connectivity index (χ2v) is 8.18. The molecule has 0 amide bonds. The first-order chi connectivity index (χ1) is 9.08. The van der Waals surface area contributed by atoms with Gasteiger partial charge in [-0.15, -0.1) is 11.6 Å². The van der Waals surface area contributed by atoms with E-state index < -0.39 is 15.2 Å². The molecular formula is C12H17ClN2O2S2. The summed E-state index contributed by atoms with van der Waals surface area (Å²) < 4.78 is 24.4. The minimum atomic E-state index is -3.09. The van der Waals surface area contributed by atoms with Crippen molar-refractivity contribution in [2.75, 3.05) is 28.7 Å². The van der Waals surface area contributed by atoms with E-state index in [9.17, 15) is 8.42 Å². The monoisotopic (exact) mass is 320 g/mol. The van der Waals surface area contributed by atoms with Crippen LogP contribution < -0.4 is 4.90 Å². The number of aromatic nitrogens is 1. The van der Waals surface area contributed by atoms with Gasteiger partial charge in [0.15, 0.2) is 9.84 Å². The maximum atomic E-state index is 12.2. The topological polar surface area (TPSA) is 50.3 Å².